The molecule has 4 nitrogen and oxygen atoms in total. The van der Waals surface area contributed by atoms with Crippen molar-refractivity contribution in [1.29, 1.82) is 0 Å². The monoisotopic (exact) mass is 177 g/mol. The van der Waals surface area contributed by atoms with Crippen LogP contribution in [0.2, 0.25) is 0 Å². The molecule has 0 spiro atoms. The van der Waals surface area contributed by atoms with Gasteiger partial charge in [-0.25, -0.2) is 0 Å². The Morgan fingerprint density at radius 3 is 2.62 bits per heavy atom. The molecule has 0 unspecified atom stereocenters. The zero-order valence-electron chi connectivity index (χ0n) is 7.69. The van der Waals surface area contributed by atoms with E-state index in [2.05, 4.69) is 16.5 Å². The van der Waals surface area contributed by atoms with Gasteiger partial charge in [-0.2, -0.15) is 0 Å². The van der Waals surface area contributed by atoms with E-state index in [0.29, 0.717) is 11.3 Å². The van der Waals surface area contributed by atoms with Crippen LogP contribution in [0.4, 0.5) is 0 Å². The van der Waals surface area contributed by atoms with Crippen molar-refractivity contribution in [3.05, 3.63) is 30.9 Å². The molecule has 0 N–H and O–H groups in total. The standard InChI is InChI=1S/C9H11N3O/c1-7(9(13)12(2)3)8-6-10-4-5-11-8/h4-6H,1H2,2-3H3. The number of likely N-dealkylation sites (N-methyl/N-ethyl adjacent to an activating group) is 1. The minimum absolute atomic E-state index is 0.152. The first-order chi connectivity index (χ1) is 6.13. The molecular formula is C9H11N3O. The van der Waals surface area contributed by atoms with Crippen molar-refractivity contribution in [2.75, 3.05) is 14.1 Å². The number of hydrogen-bond donors (Lipinski definition) is 0. The average molecular weight is 177 g/mol. The third-order valence-corrected chi connectivity index (χ3v) is 1.54. The number of carbonyl (C=O) groups is 1. The van der Waals surface area contributed by atoms with Crippen molar-refractivity contribution >= 4 is 11.5 Å². The number of nitrogens with zero attached hydrogens (tertiary/aromatic N) is 3. The zero-order chi connectivity index (χ0) is 9.84. The van der Waals surface area contributed by atoms with E-state index in [4.69, 9.17) is 0 Å². The van der Waals surface area contributed by atoms with Gasteiger partial charge in [-0.15, -0.1) is 0 Å². The minimum Gasteiger partial charge on any atom is -0.345 e. The molecule has 1 heterocycles. The highest BCUT2D eigenvalue weighted by Crippen LogP contribution is 2.08. The van der Waals surface area contributed by atoms with Gasteiger partial charge in [-0.1, -0.05) is 6.58 Å². The summed E-state index contributed by atoms with van der Waals surface area (Å²) in [6.07, 6.45) is 4.60. The molecule has 0 fully saturated rings. The lowest BCUT2D eigenvalue weighted by molar-refractivity contribution is -0.122. The molecule has 1 amide bonds. The maximum Gasteiger partial charge on any atom is 0.254 e. The Morgan fingerprint density at radius 2 is 2.15 bits per heavy atom. The highest BCUT2D eigenvalue weighted by atomic mass is 16.2. The van der Waals surface area contributed by atoms with Crippen LogP contribution in [0.25, 0.3) is 5.57 Å². The Kier molecular flexibility index (Phi) is 2.74. The predicted octanol–water partition coefficient (Wildman–Crippen LogP) is 0.578. The largest absolute Gasteiger partial charge is 0.345 e. The number of rotatable bonds is 2. The Balaban J connectivity index is 2.87. The summed E-state index contributed by atoms with van der Waals surface area (Å²) in [5.41, 5.74) is 0.874. The van der Waals surface area contributed by atoms with Gasteiger partial charge in [-0.3, -0.25) is 14.8 Å². The molecule has 0 aliphatic heterocycles. The number of carbonyl (C=O) groups excluding carboxylic acids is 1. The van der Waals surface area contributed by atoms with Gasteiger partial charge in [0.2, 0.25) is 0 Å². The molecule has 1 rings (SSSR count). The lowest BCUT2D eigenvalue weighted by Gasteiger charge is -2.10. The maximum absolute atomic E-state index is 11.4. The smallest absolute Gasteiger partial charge is 0.254 e. The van der Waals surface area contributed by atoms with Crippen LogP contribution in [0.1, 0.15) is 5.69 Å². The van der Waals surface area contributed by atoms with E-state index in [1.165, 1.54) is 17.3 Å². The average Bonchev–Trinajstić information content (AvgIpc) is 2.17. The second-order valence-corrected chi connectivity index (χ2v) is 2.77. The quantitative estimate of drug-likeness (QED) is 0.621. The van der Waals surface area contributed by atoms with E-state index >= 15 is 0 Å². The lowest BCUT2D eigenvalue weighted by atomic mass is 10.2. The van der Waals surface area contributed by atoms with Crippen molar-refractivity contribution in [2.45, 2.75) is 0 Å². The number of aromatic nitrogens is 2. The van der Waals surface area contributed by atoms with E-state index in [1.807, 2.05) is 0 Å². The van der Waals surface area contributed by atoms with Gasteiger partial charge < -0.3 is 4.90 Å². The zero-order valence-corrected chi connectivity index (χ0v) is 7.69. The van der Waals surface area contributed by atoms with Gasteiger partial charge in [0, 0.05) is 26.5 Å². The summed E-state index contributed by atoms with van der Waals surface area (Å²) in [4.78, 5) is 20.7. The van der Waals surface area contributed by atoms with E-state index < -0.39 is 0 Å². The molecule has 13 heavy (non-hydrogen) atoms. The normalized spacial score (nSPS) is 9.38. The van der Waals surface area contributed by atoms with Crippen LogP contribution in [0, 0.1) is 0 Å². The molecule has 0 saturated carbocycles. The predicted molar refractivity (Wildman–Crippen MR) is 49.8 cm³/mol. The lowest BCUT2D eigenvalue weighted by Crippen LogP contribution is -2.22. The number of hydrogen-bond acceptors (Lipinski definition) is 3. The number of amides is 1. The topological polar surface area (TPSA) is 46.1 Å². The van der Waals surface area contributed by atoms with Gasteiger partial charge in [0.05, 0.1) is 17.5 Å². The van der Waals surface area contributed by atoms with Gasteiger partial charge in [0.1, 0.15) is 0 Å². The highest BCUT2D eigenvalue weighted by molar-refractivity contribution is 6.17. The fraction of sp³-hybridized carbons (Fsp3) is 0.222. The van der Waals surface area contributed by atoms with E-state index in [0.717, 1.165) is 0 Å². The van der Waals surface area contributed by atoms with Gasteiger partial charge in [-0.05, 0) is 0 Å². The molecule has 4 heteroatoms. The van der Waals surface area contributed by atoms with Gasteiger partial charge in [0.15, 0.2) is 0 Å². The van der Waals surface area contributed by atoms with Crippen LogP contribution in [0.5, 0.6) is 0 Å². The second kappa shape index (κ2) is 3.80. The highest BCUT2D eigenvalue weighted by Gasteiger charge is 2.11. The Bertz CT molecular complexity index is 319. The van der Waals surface area contributed by atoms with Crippen molar-refractivity contribution in [2.24, 2.45) is 0 Å². The van der Waals surface area contributed by atoms with Gasteiger partial charge in [0.25, 0.3) is 5.91 Å². The molecule has 0 aliphatic rings. The summed E-state index contributed by atoms with van der Waals surface area (Å²) in [7, 11) is 3.34. The summed E-state index contributed by atoms with van der Waals surface area (Å²) in [5, 5.41) is 0. The van der Waals surface area contributed by atoms with Crippen molar-refractivity contribution in [3.63, 3.8) is 0 Å². The molecule has 0 aromatic carbocycles. The molecule has 0 saturated heterocycles. The molecule has 1 aromatic rings. The first kappa shape index (κ1) is 9.38. The van der Waals surface area contributed by atoms with Crippen molar-refractivity contribution < 1.29 is 4.79 Å². The van der Waals surface area contributed by atoms with E-state index in [-0.39, 0.29) is 5.91 Å². The van der Waals surface area contributed by atoms with Crippen LogP contribution >= 0.6 is 0 Å². The molecule has 1 aromatic heterocycles. The molecule has 0 bridgehead atoms. The van der Waals surface area contributed by atoms with Crippen LogP contribution in [-0.4, -0.2) is 34.9 Å². The summed E-state index contributed by atoms with van der Waals surface area (Å²) in [5.74, 6) is -0.152. The Morgan fingerprint density at radius 1 is 1.46 bits per heavy atom. The van der Waals surface area contributed by atoms with E-state index in [9.17, 15) is 4.79 Å². The molecule has 0 aliphatic carbocycles. The third-order valence-electron chi connectivity index (χ3n) is 1.54. The summed E-state index contributed by atoms with van der Waals surface area (Å²) in [6, 6.07) is 0. The van der Waals surface area contributed by atoms with Crippen LogP contribution in [0.15, 0.2) is 25.2 Å². The summed E-state index contributed by atoms with van der Waals surface area (Å²) < 4.78 is 0. The maximum atomic E-state index is 11.4. The molecule has 0 atom stereocenters. The molecule has 68 valence electrons. The van der Waals surface area contributed by atoms with Gasteiger partial charge >= 0.3 is 0 Å². The van der Waals surface area contributed by atoms with E-state index in [1.54, 1.807) is 20.3 Å². The molecular weight excluding hydrogens is 166 g/mol. The minimum atomic E-state index is -0.152. The fourth-order valence-electron chi connectivity index (χ4n) is 0.834. The second-order valence-electron chi connectivity index (χ2n) is 2.77. The third kappa shape index (κ3) is 2.11. The first-order valence-electron chi connectivity index (χ1n) is 3.80. The van der Waals surface area contributed by atoms with Crippen LogP contribution in [-0.2, 0) is 4.79 Å². The fourth-order valence-corrected chi connectivity index (χ4v) is 0.834. The van der Waals surface area contributed by atoms with Crippen LogP contribution in [0.3, 0.4) is 0 Å². The first-order valence-corrected chi connectivity index (χ1v) is 3.80. The van der Waals surface area contributed by atoms with Crippen molar-refractivity contribution in [3.8, 4) is 0 Å². The Hall–Kier alpha value is -1.71. The molecule has 0 radical (unpaired) electrons. The Labute approximate surface area is 76.9 Å². The van der Waals surface area contributed by atoms with Crippen LogP contribution < -0.4 is 0 Å². The summed E-state index contributed by atoms with van der Waals surface area (Å²) >= 11 is 0. The van der Waals surface area contributed by atoms with Crippen molar-refractivity contribution in [1.82, 2.24) is 14.9 Å². The SMILES string of the molecule is C=C(C(=O)N(C)C)c1cnccn1. The summed E-state index contributed by atoms with van der Waals surface area (Å²) in [6.45, 7) is 3.65.